The molecule has 12 heavy (non-hydrogen) atoms. The van der Waals surface area contributed by atoms with Crippen molar-refractivity contribution in [3.8, 4) is 0 Å². The van der Waals surface area contributed by atoms with Crippen molar-refractivity contribution in [2.24, 2.45) is 11.7 Å². The van der Waals surface area contributed by atoms with E-state index in [0.29, 0.717) is 12.6 Å². The van der Waals surface area contributed by atoms with Gasteiger partial charge in [-0.2, -0.15) is 0 Å². The van der Waals surface area contributed by atoms with Crippen LogP contribution in [0.5, 0.6) is 0 Å². The molecule has 2 heteroatoms. The largest absolute Gasteiger partial charge is 0.377 e. The van der Waals surface area contributed by atoms with Crippen LogP contribution < -0.4 is 5.73 Å². The molecule has 2 nitrogen and oxygen atoms in total. The molecule has 0 aliphatic heterocycles. The van der Waals surface area contributed by atoms with E-state index >= 15 is 0 Å². The van der Waals surface area contributed by atoms with Gasteiger partial charge < -0.3 is 10.5 Å². The topological polar surface area (TPSA) is 35.2 Å². The fourth-order valence-corrected chi connectivity index (χ4v) is 1.99. The molecule has 0 saturated heterocycles. The molecule has 0 spiro atoms. The van der Waals surface area contributed by atoms with E-state index in [-0.39, 0.29) is 0 Å². The summed E-state index contributed by atoms with van der Waals surface area (Å²) in [5.74, 6) is 0.797. The quantitative estimate of drug-likeness (QED) is 0.701. The van der Waals surface area contributed by atoms with Crippen molar-refractivity contribution in [3.05, 3.63) is 0 Å². The van der Waals surface area contributed by atoms with Crippen LogP contribution in [0.25, 0.3) is 0 Å². The van der Waals surface area contributed by atoms with Crippen molar-refractivity contribution in [3.63, 3.8) is 0 Å². The summed E-state index contributed by atoms with van der Waals surface area (Å²) in [6.45, 7) is 3.56. The van der Waals surface area contributed by atoms with E-state index in [1.165, 1.54) is 32.1 Å². The standard InChI is InChI=1S/C10H21NO/c1-9(12-8-7-11)10-5-3-2-4-6-10/h9-10H,2-8,11H2,1H3. The predicted molar refractivity (Wildman–Crippen MR) is 51.0 cm³/mol. The summed E-state index contributed by atoms with van der Waals surface area (Å²) in [6, 6.07) is 0. The first-order valence-corrected chi connectivity index (χ1v) is 5.16. The van der Waals surface area contributed by atoms with Gasteiger partial charge in [0, 0.05) is 6.54 Å². The zero-order valence-corrected chi connectivity index (χ0v) is 8.09. The van der Waals surface area contributed by atoms with E-state index in [0.717, 1.165) is 12.5 Å². The fraction of sp³-hybridized carbons (Fsp3) is 1.00. The molecule has 72 valence electrons. The summed E-state index contributed by atoms with van der Waals surface area (Å²) >= 11 is 0. The fourth-order valence-electron chi connectivity index (χ4n) is 1.99. The van der Waals surface area contributed by atoms with Gasteiger partial charge in [-0.3, -0.25) is 0 Å². The molecular formula is C10H21NO. The molecule has 1 fully saturated rings. The van der Waals surface area contributed by atoms with Crippen molar-refractivity contribution >= 4 is 0 Å². The minimum atomic E-state index is 0.425. The summed E-state index contributed by atoms with van der Waals surface area (Å²) in [6.07, 6.45) is 7.33. The van der Waals surface area contributed by atoms with Crippen LogP contribution in [0.15, 0.2) is 0 Å². The van der Waals surface area contributed by atoms with Crippen LogP contribution in [0.3, 0.4) is 0 Å². The summed E-state index contributed by atoms with van der Waals surface area (Å²) in [4.78, 5) is 0. The Morgan fingerprint density at radius 3 is 2.58 bits per heavy atom. The van der Waals surface area contributed by atoms with Gasteiger partial charge in [-0.1, -0.05) is 19.3 Å². The van der Waals surface area contributed by atoms with Crippen molar-refractivity contribution in [2.45, 2.75) is 45.1 Å². The highest BCUT2D eigenvalue weighted by Gasteiger charge is 2.19. The molecule has 2 N–H and O–H groups in total. The first-order chi connectivity index (χ1) is 5.84. The summed E-state index contributed by atoms with van der Waals surface area (Å²) in [5.41, 5.74) is 5.38. The Morgan fingerprint density at radius 1 is 1.33 bits per heavy atom. The average molecular weight is 171 g/mol. The first kappa shape index (κ1) is 10.0. The van der Waals surface area contributed by atoms with Crippen molar-refractivity contribution in [2.75, 3.05) is 13.2 Å². The van der Waals surface area contributed by atoms with Gasteiger partial charge in [0.25, 0.3) is 0 Å². The van der Waals surface area contributed by atoms with Gasteiger partial charge in [0.2, 0.25) is 0 Å². The average Bonchev–Trinajstić information content (AvgIpc) is 2.15. The van der Waals surface area contributed by atoms with Gasteiger partial charge in [0.15, 0.2) is 0 Å². The zero-order valence-electron chi connectivity index (χ0n) is 8.09. The van der Waals surface area contributed by atoms with Gasteiger partial charge in [0.1, 0.15) is 0 Å². The number of rotatable bonds is 4. The second-order valence-corrected chi connectivity index (χ2v) is 3.76. The highest BCUT2D eigenvalue weighted by Crippen LogP contribution is 2.27. The summed E-state index contributed by atoms with van der Waals surface area (Å²) < 4.78 is 5.61. The van der Waals surface area contributed by atoms with Crippen LogP contribution in [0.1, 0.15) is 39.0 Å². The van der Waals surface area contributed by atoms with E-state index in [9.17, 15) is 0 Å². The molecule has 1 aliphatic carbocycles. The Labute approximate surface area is 75.5 Å². The summed E-state index contributed by atoms with van der Waals surface area (Å²) in [5, 5.41) is 0. The molecule has 0 radical (unpaired) electrons. The van der Waals surface area contributed by atoms with E-state index in [1.54, 1.807) is 0 Å². The molecule has 0 aromatic heterocycles. The minimum Gasteiger partial charge on any atom is -0.377 e. The monoisotopic (exact) mass is 171 g/mol. The van der Waals surface area contributed by atoms with Crippen LogP contribution in [0.4, 0.5) is 0 Å². The zero-order chi connectivity index (χ0) is 8.81. The van der Waals surface area contributed by atoms with Gasteiger partial charge in [-0.25, -0.2) is 0 Å². The molecule has 0 aromatic rings. The lowest BCUT2D eigenvalue weighted by atomic mass is 9.86. The number of nitrogens with two attached hydrogens (primary N) is 1. The SMILES string of the molecule is CC(OCCN)C1CCCCC1. The van der Waals surface area contributed by atoms with E-state index in [4.69, 9.17) is 10.5 Å². The second-order valence-electron chi connectivity index (χ2n) is 3.76. The highest BCUT2D eigenvalue weighted by molar-refractivity contribution is 4.71. The van der Waals surface area contributed by atoms with Gasteiger partial charge in [0.05, 0.1) is 12.7 Å². The maximum Gasteiger partial charge on any atom is 0.0592 e. The Bertz CT molecular complexity index is 110. The van der Waals surface area contributed by atoms with Gasteiger partial charge in [-0.15, -0.1) is 0 Å². The normalized spacial score (nSPS) is 22.5. The first-order valence-electron chi connectivity index (χ1n) is 5.16. The third-order valence-electron chi connectivity index (χ3n) is 2.81. The van der Waals surface area contributed by atoms with Crippen LogP contribution >= 0.6 is 0 Å². The van der Waals surface area contributed by atoms with Crippen molar-refractivity contribution in [1.29, 1.82) is 0 Å². The lowest BCUT2D eigenvalue weighted by molar-refractivity contribution is 0.0172. The maximum atomic E-state index is 5.61. The van der Waals surface area contributed by atoms with Gasteiger partial charge >= 0.3 is 0 Å². The third-order valence-corrected chi connectivity index (χ3v) is 2.81. The second kappa shape index (κ2) is 5.55. The Kier molecular flexibility index (Phi) is 4.62. The maximum absolute atomic E-state index is 5.61. The van der Waals surface area contributed by atoms with E-state index in [1.807, 2.05) is 0 Å². The van der Waals surface area contributed by atoms with Crippen molar-refractivity contribution in [1.82, 2.24) is 0 Å². The third kappa shape index (κ3) is 3.11. The van der Waals surface area contributed by atoms with Crippen LogP contribution in [0.2, 0.25) is 0 Å². The van der Waals surface area contributed by atoms with E-state index < -0.39 is 0 Å². The molecule has 1 saturated carbocycles. The predicted octanol–water partition coefficient (Wildman–Crippen LogP) is 1.93. The number of ether oxygens (including phenoxy) is 1. The molecule has 0 bridgehead atoms. The Balaban J connectivity index is 2.15. The molecule has 1 unspecified atom stereocenters. The van der Waals surface area contributed by atoms with Crippen molar-refractivity contribution < 1.29 is 4.74 Å². The molecule has 0 aromatic carbocycles. The Morgan fingerprint density at radius 2 is 2.00 bits per heavy atom. The summed E-state index contributed by atoms with van der Waals surface area (Å²) in [7, 11) is 0. The van der Waals surface area contributed by atoms with Gasteiger partial charge in [-0.05, 0) is 25.7 Å². The van der Waals surface area contributed by atoms with E-state index in [2.05, 4.69) is 6.92 Å². The lowest BCUT2D eigenvalue weighted by Gasteiger charge is -2.27. The van der Waals surface area contributed by atoms with Crippen LogP contribution in [0, 0.1) is 5.92 Å². The molecule has 1 atom stereocenters. The minimum absolute atomic E-state index is 0.425. The lowest BCUT2D eigenvalue weighted by Crippen LogP contribution is -2.25. The molecule has 1 rings (SSSR count). The molecule has 0 heterocycles. The molecule has 0 amide bonds. The Hall–Kier alpha value is -0.0800. The van der Waals surface area contributed by atoms with Crippen LogP contribution in [-0.4, -0.2) is 19.3 Å². The smallest absolute Gasteiger partial charge is 0.0592 e. The number of hydrogen-bond donors (Lipinski definition) is 1. The highest BCUT2D eigenvalue weighted by atomic mass is 16.5. The molecule has 1 aliphatic rings. The number of hydrogen-bond acceptors (Lipinski definition) is 2. The van der Waals surface area contributed by atoms with Crippen LogP contribution in [-0.2, 0) is 4.74 Å². The molecular weight excluding hydrogens is 150 g/mol.